The average molecular weight is 529 g/mol. The van der Waals surface area contributed by atoms with Crippen molar-refractivity contribution in [1.82, 2.24) is 4.98 Å². The van der Waals surface area contributed by atoms with Crippen molar-refractivity contribution in [2.75, 3.05) is 24.7 Å². The maximum Gasteiger partial charge on any atom is 0.301 e. The Bertz CT molecular complexity index is 1620. The summed E-state index contributed by atoms with van der Waals surface area (Å²) in [6, 6.07) is 17.1. The molecule has 192 valence electrons. The lowest BCUT2D eigenvalue weighted by Crippen LogP contribution is -2.29. The first kappa shape index (κ1) is 24.0. The summed E-state index contributed by atoms with van der Waals surface area (Å²) in [7, 11) is 0. The van der Waals surface area contributed by atoms with Crippen molar-refractivity contribution in [3.05, 3.63) is 82.9 Å². The minimum absolute atomic E-state index is 0.0317. The van der Waals surface area contributed by atoms with E-state index in [1.54, 1.807) is 42.5 Å². The predicted octanol–water partition coefficient (Wildman–Crippen LogP) is 5.40. The van der Waals surface area contributed by atoms with E-state index in [-0.39, 0.29) is 11.3 Å². The zero-order chi connectivity index (χ0) is 26.4. The van der Waals surface area contributed by atoms with Gasteiger partial charge >= 0.3 is 5.91 Å². The molecule has 0 bridgehead atoms. The van der Waals surface area contributed by atoms with Crippen LogP contribution >= 0.6 is 11.3 Å². The highest BCUT2D eigenvalue weighted by Gasteiger charge is 2.48. The van der Waals surface area contributed by atoms with Crippen LogP contribution in [0.25, 0.3) is 16.0 Å². The molecule has 2 aliphatic heterocycles. The highest BCUT2D eigenvalue weighted by Crippen LogP contribution is 2.45. The monoisotopic (exact) mass is 528 g/mol. The summed E-state index contributed by atoms with van der Waals surface area (Å²) < 4.78 is 17.8. The Kier molecular flexibility index (Phi) is 6.00. The van der Waals surface area contributed by atoms with E-state index in [1.165, 1.54) is 16.2 Å². The topological polar surface area (TPSA) is 98.2 Å². The first-order valence-corrected chi connectivity index (χ1v) is 13.1. The van der Waals surface area contributed by atoms with Gasteiger partial charge in [-0.2, -0.15) is 0 Å². The molecule has 0 unspecified atom stereocenters. The highest BCUT2D eigenvalue weighted by atomic mass is 32.1. The van der Waals surface area contributed by atoms with Gasteiger partial charge in [-0.3, -0.25) is 14.5 Å². The molecule has 6 rings (SSSR count). The molecule has 1 fully saturated rings. The van der Waals surface area contributed by atoms with Crippen LogP contribution in [0.5, 0.6) is 17.2 Å². The molecule has 1 amide bonds. The van der Waals surface area contributed by atoms with E-state index in [2.05, 4.69) is 4.98 Å². The molecule has 38 heavy (non-hydrogen) atoms. The molecule has 1 aromatic heterocycles. The predicted molar refractivity (Wildman–Crippen MR) is 144 cm³/mol. The van der Waals surface area contributed by atoms with Crippen LogP contribution in [-0.4, -0.2) is 41.6 Å². The number of benzene rings is 3. The van der Waals surface area contributed by atoms with E-state index in [9.17, 15) is 14.7 Å². The van der Waals surface area contributed by atoms with Gasteiger partial charge in [0.2, 0.25) is 0 Å². The molecule has 3 aromatic carbocycles. The standard InChI is InChI=1S/C29H24N2O6S/c1-3-35-19-6-4-5-17(14-19)25-24(26(32)18-8-10-21-22(15-18)37-12-11-36-21)27(33)28(34)31(25)29-30-20-9-7-16(2)13-23(20)38-29/h4-10,13-15,25,32H,3,11-12H2,1-2H3/t25-/m1/s1. The van der Waals surface area contributed by atoms with E-state index in [0.29, 0.717) is 53.3 Å². The van der Waals surface area contributed by atoms with Gasteiger partial charge in [0.05, 0.1) is 28.4 Å². The van der Waals surface area contributed by atoms with Crippen molar-refractivity contribution < 1.29 is 28.9 Å². The number of aliphatic hydroxyl groups excluding tert-OH is 1. The molecular formula is C29H24N2O6S. The normalized spacial score (nSPS) is 18.3. The van der Waals surface area contributed by atoms with Crippen LogP contribution in [-0.2, 0) is 9.59 Å². The number of ketones is 1. The van der Waals surface area contributed by atoms with Crippen molar-refractivity contribution in [1.29, 1.82) is 0 Å². The largest absolute Gasteiger partial charge is 0.507 e. The van der Waals surface area contributed by atoms with Gasteiger partial charge < -0.3 is 19.3 Å². The first-order valence-electron chi connectivity index (χ1n) is 12.3. The number of nitrogens with zero attached hydrogens (tertiary/aromatic N) is 2. The minimum atomic E-state index is -0.912. The molecule has 0 saturated carbocycles. The lowest BCUT2D eigenvalue weighted by Gasteiger charge is -2.23. The Morgan fingerprint density at radius 3 is 2.71 bits per heavy atom. The number of rotatable bonds is 5. The van der Waals surface area contributed by atoms with Gasteiger partial charge in [0.15, 0.2) is 16.6 Å². The summed E-state index contributed by atoms with van der Waals surface area (Å²) in [6.07, 6.45) is 0. The molecule has 0 aliphatic carbocycles. The second kappa shape index (κ2) is 9.50. The van der Waals surface area contributed by atoms with E-state index in [4.69, 9.17) is 14.2 Å². The summed E-state index contributed by atoms with van der Waals surface area (Å²) in [5.41, 5.74) is 2.72. The number of Topliss-reactive ketones (excluding diaryl/α,β-unsaturated/α-hetero) is 1. The molecule has 3 heterocycles. The SMILES string of the molecule is CCOc1cccc([C@@H]2C(=C(O)c3ccc4c(c3)OCCO4)C(=O)C(=O)N2c2nc3ccc(C)cc3s2)c1. The maximum atomic E-state index is 13.5. The van der Waals surface area contributed by atoms with Crippen LogP contribution < -0.4 is 19.1 Å². The fraction of sp³-hybridized carbons (Fsp3) is 0.207. The Balaban J connectivity index is 1.54. The van der Waals surface area contributed by atoms with Gasteiger partial charge in [-0.05, 0) is 67.4 Å². The van der Waals surface area contributed by atoms with E-state index in [0.717, 1.165) is 15.8 Å². The summed E-state index contributed by atoms with van der Waals surface area (Å²) in [5.74, 6) is -0.238. The number of fused-ring (bicyclic) bond motifs is 2. The van der Waals surface area contributed by atoms with E-state index >= 15 is 0 Å². The number of aromatic nitrogens is 1. The number of ether oxygens (including phenoxy) is 3. The summed E-state index contributed by atoms with van der Waals surface area (Å²) >= 11 is 1.33. The molecule has 9 heteroatoms. The van der Waals surface area contributed by atoms with Crippen LogP contribution in [0, 0.1) is 6.92 Å². The van der Waals surface area contributed by atoms with Gasteiger partial charge in [-0.15, -0.1) is 0 Å². The Hall–Kier alpha value is -4.37. The van der Waals surface area contributed by atoms with Crippen molar-refractivity contribution in [3.63, 3.8) is 0 Å². The van der Waals surface area contributed by atoms with Gasteiger partial charge in [0.1, 0.15) is 24.7 Å². The Morgan fingerprint density at radius 2 is 1.89 bits per heavy atom. The lowest BCUT2D eigenvalue weighted by atomic mass is 9.95. The molecule has 4 aromatic rings. The number of hydrogen-bond donors (Lipinski definition) is 1. The number of anilines is 1. The summed E-state index contributed by atoms with van der Waals surface area (Å²) in [4.78, 5) is 33.1. The minimum Gasteiger partial charge on any atom is -0.507 e. The van der Waals surface area contributed by atoms with Gasteiger partial charge in [-0.25, -0.2) is 4.98 Å². The third-order valence-electron chi connectivity index (χ3n) is 6.48. The number of amides is 1. The molecule has 0 spiro atoms. The van der Waals surface area contributed by atoms with E-state index in [1.807, 2.05) is 32.0 Å². The molecule has 1 N–H and O–H groups in total. The molecule has 2 aliphatic rings. The Labute approximate surface area is 222 Å². The third-order valence-corrected chi connectivity index (χ3v) is 7.50. The zero-order valence-corrected chi connectivity index (χ0v) is 21.6. The molecule has 8 nitrogen and oxygen atoms in total. The van der Waals surface area contributed by atoms with E-state index < -0.39 is 17.7 Å². The quantitative estimate of drug-likeness (QED) is 0.210. The fourth-order valence-corrected chi connectivity index (χ4v) is 5.85. The number of aliphatic hydroxyl groups is 1. The number of carbonyl (C=O) groups is 2. The van der Waals surface area contributed by atoms with Crippen molar-refractivity contribution in [3.8, 4) is 17.2 Å². The number of hydrogen-bond acceptors (Lipinski definition) is 8. The second-order valence-corrected chi connectivity index (χ2v) is 10.0. The molecule has 1 atom stereocenters. The van der Waals surface area contributed by atoms with Gasteiger partial charge in [-0.1, -0.05) is 29.5 Å². The number of carbonyl (C=O) groups excluding carboxylic acids is 2. The van der Waals surface area contributed by atoms with Crippen molar-refractivity contribution in [2.24, 2.45) is 0 Å². The summed E-state index contributed by atoms with van der Waals surface area (Å²) in [5, 5.41) is 11.9. The summed E-state index contributed by atoms with van der Waals surface area (Å²) in [6.45, 7) is 5.13. The Morgan fingerprint density at radius 1 is 1.08 bits per heavy atom. The number of aryl methyl sites for hydroxylation is 1. The van der Waals surface area contributed by atoms with Crippen molar-refractivity contribution >= 4 is 44.1 Å². The molecule has 0 radical (unpaired) electrons. The average Bonchev–Trinajstić information content (AvgIpc) is 3.46. The van der Waals surface area contributed by atoms with Gasteiger partial charge in [0, 0.05) is 5.56 Å². The third kappa shape index (κ3) is 4.05. The van der Waals surface area contributed by atoms with Crippen LogP contribution in [0.15, 0.2) is 66.2 Å². The van der Waals surface area contributed by atoms with Gasteiger partial charge in [0.25, 0.3) is 5.78 Å². The fourth-order valence-electron chi connectivity index (χ4n) is 4.76. The van der Waals surface area contributed by atoms with Crippen LogP contribution in [0.1, 0.15) is 29.7 Å². The lowest BCUT2D eigenvalue weighted by molar-refractivity contribution is -0.132. The molecular weight excluding hydrogens is 504 g/mol. The van der Waals surface area contributed by atoms with Crippen LogP contribution in [0.4, 0.5) is 5.13 Å². The van der Waals surface area contributed by atoms with Crippen LogP contribution in [0.3, 0.4) is 0 Å². The van der Waals surface area contributed by atoms with Crippen LogP contribution in [0.2, 0.25) is 0 Å². The number of thiazole rings is 1. The highest BCUT2D eigenvalue weighted by molar-refractivity contribution is 7.22. The first-order chi connectivity index (χ1) is 18.4. The smallest absolute Gasteiger partial charge is 0.301 e. The van der Waals surface area contributed by atoms with Crippen molar-refractivity contribution in [2.45, 2.75) is 19.9 Å². The maximum absolute atomic E-state index is 13.5. The molecule has 1 saturated heterocycles. The second-order valence-electron chi connectivity index (χ2n) is 9.00. The zero-order valence-electron chi connectivity index (χ0n) is 20.8.